The van der Waals surface area contributed by atoms with Crippen LogP contribution in [0.15, 0.2) is 0 Å². The Balaban J connectivity index is -0.0000000910. The van der Waals surface area contributed by atoms with E-state index in [1.165, 1.54) is 19.3 Å². The second-order valence-corrected chi connectivity index (χ2v) is 1.58. The van der Waals surface area contributed by atoms with Gasteiger partial charge in [-0.05, 0) is 0 Å². The van der Waals surface area contributed by atoms with Crippen LogP contribution in [0, 0.1) is 15.3 Å². The minimum absolute atomic E-state index is 0. The summed E-state index contributed by atoms with van der Waals surface area (Å²) in [6, 6.07) is 0. The first-order valence-electron chi connectivity index (χ1n) is 2.96. The van der Waals surface area contributed by atoms with Crippen molar-refractivity contribution in [3.63, 3.8) is 0 Å². The van der Waals surface area contributed by atoms with E-state index in [0.717, 1.165) is 0 Å². The van der Waals surface area contributed by atoms with Gasteiger partial charge < -0.3 is 15.3 Å². The predicted molar refractivity (Wildman–Crippen MR) is 35.6 cm³/mol. The average molecular weight is 193 g/mol. The van der Waals surface area contributed by atoms with Crippen LogP contribution in [0.5, 0.6) is 0 Å². The number of hydrogen-bond acceptors (Lipinski definition) is 3. The molecule has 10 heavy (non-hydrogen) atoms. The van der Waals surface area contributed by atoms with Gasteiger partial charge in [-0.2, -0.15) is 0 Å². The minimum Gasteiger partial charge on any atom is -0.356 e. The molecule has 0 spiro atoms. The van der Waals surface area contributed by atoms with Crippen LogP contribution in [-0.4, -0.2) is 5.09 Å². The fraction of sp³-hybridized carbons (Fsp3) is 1.00. The molecular formula is C5H12CoNO3-. The van der Waals surface area contributed by atoms with Crippen LogP contribution in [0.1, 0.15) is 33.1 Å². The SMILES string of the molecule is CCCCC.O=[N+]([O-])[O-].[Co]. The van der Waals surface area contributed by atoms with E-state index in [4.69, 9.17) is 15.3 Å². The quantitative estimate of drug-likeness (QED) is 0.497. The van der Waals surface area contributed by atoms with E-state index in [9.17, 15) is 0 Å². The molecule has 65 valence electrons. The van der Waals surface area contributed by atoms with Crippen molar-refractivity contribution in [2.45, 2.75) is 33.1 Å². The van der Waals surface area contributed by atoms with Crippen LogP contribution in [0.4, 0.5) is 0 Å². The van der Waals surface area contributed by atoms with Crippen molar-refractivity contribution in [1.82, 2.24) is 0 Å². The van der Waals surface area contributed by atoms with Crippen LogP contribution >= 0.6 is 0 Å². The third-order valence-corrected chi connectivity index (χ3v) is 0.707. The Morgan fingerprint density at radius 3 is 1.40 bits per heavy atom. The molecule has 0 N–H and O–H groups in total. The van der Waals surface area contributed by atoms with E-state index < -0.39 is 5.09 Å². The van der Waals surface area contributed by atoms with Gasteiger partial charge in [-0.25, -0.2) is 0 Å². The summed E-state index contributed by atoms with van der Waals surface area (Å²) in [7, 11) is 0. The largest absolute Gasteiger partial charge is 0.356 e. The molecule has 0 aromatic rings. The normalized spacial score (nSPS) is 6.60. The summed E-state index contributed by atoms with van der Waals surface area (Å²) in [5, 5.41) is 14.8. The average Bonchev–Trinajstić information content (AvgIpc) is 1.66. The molecule has 0 fully saturated rings. The van der Waals surface area contributed by atoms with Gasteiger partial charge in [-0.15, -0.1) is 0 Å². The van der Waals surface area contributed by atoms with Crippen molar-refractivity contribution >= 4 is 0 Å². The van der Waals surface area contributed by atoms with Crippen molar-refractivity contribution in [3.8, 4) is 0 Å². The Hall–Kier alpha value is -0.294. The topological polar surface area (TPSA) is 66.2 Å². The van der Waals surface area contributed by atoms with Crippen molar-refractivity contribution in [3.05, 3.63) is 15.3 Å². The number of nitrogens with zero attached hydrogens (tertiary/aromatic N) is 1. The Morgan fingerprint density at radius 2 is 1.40 bits per heavy atom. The van der Waals surface area contributed by atoms with Gasteiger partial charge in [-0.1, -0.05) is 33.1 Å². The Bertz CT molecular complexity index is 63.9. The minimum atomic E-state index is -1.75. The van der Waals surface area contributed by atoms with Gasteiger partial charge >= 0.3 is 0 Å². The molecule has 0 unspecified atom stereocenters. The monoisotopic (exact) mass is 193 g/mol. The van der Waals surface area contributed by atoms with E-state index in [-0.39, 0.29) is 16.8 Å². The molecule has 0 aromatic heterocycles. The molecule has 0 amide bonds. The van der Waals surface area contributed by atoms with Crippen LogP contribution in [-0.2, 0) is 16.8 Å². The zero-order valence-corrected chi connectivity index (χ0v) is 7.17. The first-order chi connectivity index (χ1) is 4.15. The summed E-state index contributed by atoms with van der Waals surface area (Å²) in [4.78, 5) is 8.25. The number of rotatable bonds is 2. The zero-order chi connectivity index (χ0) is 7.70. The molecule has 0 aliphatic heterocycles. The van der Waals surface area contributed by atoms with Crippen molar-refractivity contribution in [2.75, 3.05) is 0 Å². The molecule has 5 heteroatoms. The molecule has 0 aromatic carbocycles. The molecule has 4 nitrogen and oxygen atoms in total. The van der Waals surface area contributed by atoms with Crippen molar-refractivity contribution in [1.29, 1.82) is 0 Å². The van der Waals surface area contributed by atoms with Crippen LogP contribution in [0.3, 0.4) is 0 Å². The predicted octanol–water partition coefficient (Wildman–Crippen LogP) is 1.95. The molecule has 0 aliphatic carbocycles. The molecule has 0 atom stereocenters. The van der Waals surface area contributed by atoms with Gasteiger partial charge in [0.1, 0.15) is 0 Å². The van der Waals surface area contributed by atoms with E-state index >= 15 is 0 Å². The molecule has 0 aliphatic rings. The molecule has 0 saturated carbocycles. The summed E-state index contributed by atoms with van der Waals surface area (Å²) in [6.07, 6.45) is 4.08. The van der Waals surface area contributed by atoms with E-state index in [1.54, 1.807) is 0 Å². The third-order valence-electron chi connectivity index (χ3n) is 0.707. The van der Waals surface area contributed by atoms with Gasteiger partial charge in [-0.3, -0.25) is 0 Å². The van der Waals surface area contributed by atoms with Gasteiger partial charge in [0.05, 0.1) is 5.09 Å². The first-order valence-corrected chi connectivity index (χ1v) is 2.96. The summed E-state index contributed by atoms with van der Waals surface area (Å²) >= 11 is 0. The molecule has 0 bridgehead atoms. The number of unbranched alkanes of at least 4 members (excludes halogenated alkanes) is 2. The molecule has 0 heterocycles. The summed E-state index contributed by atoms with van der Waals surface area (Å²) < 4.78 is 0. The number of hydrogen-bond donors (Lipinski definition) is 0. The second-order valence-electron chi connectivity index (χ2n) is 1.58. The van der Waals surface area contributed by atoms with Gasteiger partial charge in [0, 0.05) is 16.8 Å². The zero-order valence-electron chi connectivity index (χ0n) is 6.13. The van der Waals surface area contributed by atoms with Crippen LogP contribution < -0.4 is 0 Å². The molecule has 0 saturated heterocycles. The third kappa shape index (κ3) is 119. The Kier molecular flexibility index (Phi) is 26.0. The standard InChI is InChI=1S/C5H12.Co.NO3/c1-3-5-4-2;;2-1(3)4/h3-5H2,1-2H3;;/q;;-1. The molecule has 0 rings (SSSR count). The van der Waals surface area contributed by atoms with E-state index in [1.807, 2.05) is 0 Å². The smallest absolute Gasteiger partial charge is 0.0689 e. The maximum Gasteiger partial charge on any atom is 0.0689 e. The van der Waals surface area contributed by atoms with E-state index in [0.29, 0.717) is 0 Å². The molecular weight excluding hydrogens is 181 g/mol. The Labute approximate surface area is 70.9 Å². The van der Waals surface area contributed by atoms with Crippen molar-refractivity contribution in [2.24, 2.45) is 0 Å². The Morgan fingerprint density at radius 1 is 1.20 bits per heavy atom. The first kappa shape index (κ1) is 16.4. The van der Waals surface area contributed by atoms with Gasteiger partial charge in [0.25, 0.3) is 0 Å². The van der Waals surface area contributed by atoms with E-state index in [2.05, 4.69) is 13.8 Å². The summed E-state index contributed by atoms with van der Waals surface area (Å²) in [5.41, 5.74) is 0. The fourth-order valence-corrected chi connectivity index (χ4v) is 0.354. The van der Waals surface area contributed by atoms with Crippen LogP contribution in [0.2, 0.25) is 0 Å². The summed E-state index contributed by atoms with van der Waals surface area (Å²) in [5.74, 6) is 0. The molecule has 1 radical (unpaired) electrons. The summed E-state index contributed by atoms with van der Waals surface area (Å²) in [6.45, 7) is 4.42. The van der Waals surface area contributed by atoms with Crippen molar-refractivity contribution < 1.29 is 21.9 Å². The fourth-order valence-electron chi connectivity index (χ4n) is 0.354. The van der Waals surface area contributed by atoms with Gasteiger partial charge in [0.15, 0.2) is 0 Å². The second kappa shape index (κ2) is 15.9. The maximum absolute atomic E-state index is 8.25. The van der Waals surface area contributed by atoms with Crippen LogP contribution in [0.25, 0.3) is 0 Å². The van der Waals surface area contributed by atoms with Gasteiger partial charge in [0.2, 0.25) is 0 Å². The maximum atomic E-state index is 8.25.